The van der Waals surface area contributed by atoms with Crippen molar-refractivity contribution < 1.29 is 14.3 Å². The van der Waals surface area contributed by atoms with Crippen LogP contribution in [0.15, 0.2) is 60.8 Å². The maximum Gasteiger partial charge on any atom is 0.410 e. The molecular formula is C30H36ClN5O3. The van der Waals surface area contributed by atoms with Crippen LogP contribution in [0.25, 0.3) is 5.69 Å². The summed E-state index contributed by atoms with van der Waals surface area (Å²) in [7, 11) is 0. The molecule has 8 nitrogen and oxygen atoms in total. The smallest absolute Gasteiger partial charge is 0.410 e. The molecule has 2 aliphatic heterocycles. The largest absolute Gasteiger partial charge is 0.444 e. The van der Waals surface area contributed by atoms with Crippen LogP contribution >= 0.6 is 11.6 Å². The van der Waals surface area contributed by atoms with Crippen molar-refractivity contribution in [2.45, 2.75) is 45.1 Å². The third-order valence-electron chi connectivity index (χ3n) is 7.31. The molecule has 0 saturated carbocycles. The molecule has 5 rings (SSSR count). The molecule has 9 heteroatoms. The third-order valence-corrected chi connectivity index (χ3v) is 7.55. The van der Waals surface area contributed by atoms with Gasteiger partial charge in [-0.15, -0.1) is 0 Å². The van der Waals surface area contributed by atoms with Crippen molar-refractivity contribution in [3.63, 3.8) is 0 Å². The van der Waals surface area contributed by atoms with Crippen molar-refractivity contribution in [3.05, 3.63) is 77.1 Å². The van der Waals surface area contributed by atoms with Gasteiger partial charge >= 0.3 is 6.09 Å². The summed E-state index contributed by atoms with van der Waals surface area (Å²) >= 11 is 6.19. The predicted molar refractivity (Wildman–Crippen MR) is 153 cm³/mol. The number of carbonyl (C=O) groups is 2. The first kappa shape index (κ1) is 27.1. The second-order valence-electron chi connectivity index (χ2n) is 11.2. The van der Waals surface area contributed by atoms with Gasteiger partial charge in [0.05, 0.1) is 23.1 Å². The van der Waals surface area contributed by atoms with E-state index in [4.69, 9.17) is 21.4 Å². The third kappa shape index (κ3) is 6.22. The first-order valence-electron chi connectivity index (χ1n) is 13.6. The molecule has 2 fully saturated rings. The normalized spacial score (nSPS) is 16.9. The van der Waals surface area contributed by atoms with Crippen LogP contribution in [0, 0.1) is 0 Å². The minimum atomic E-state index is -0.532. The van der Waals surface area contributed by atoms with Crippen molar-refractivity contribution in [1.29, 1.82) is 0 Å². The van der Waals surface area contributed by atoms with E-state index < -0.39 is 5.60 Å². The number of para-hydroxylation sites is 1. The molecule has 1 aromatic heterocycles. The summed E-state index contributed by atoms with van der Waals surface area (Å²) < 4.78 is 7.49. The fraction of sp³-hybridized carbons (Fsp3) is 0.433. The fourth-order valence-corrected chi connectivity index (χ4v) is 5.55. The average Bonchev–Trinajstić information content (AvgIpc) is 3.38. The summed E-state index contributed by atoms with van der Waals surface area (Å²) in [6, 6.07) is 17.8. The highest BCUT2D eigenvalue weighted by Crippen LogP contribution is 2.33. The molecule has 2 aromatic carbocycles. The SMILES string of the molecule is CC(C)(C)OC(=O)N1CCC(c2c(C(=O)N3CCN(c4cccc(Cl)c4)CC3)cnn2-c2ccccc2)CC1. The number of likely N-dealkylation sites (tertiary alicyclic amines) is 1. The number of piperazine rings is 1. The Balaban J connectivity index is 1.34. The van der Waals surface area contributed by atoms with Crippen LogP contribution in [0.5, 0.6) is 0 Å². The highest BCUT2D eigenvalue weighted by molar-refractivity contribution is 6.30. The van der Waals surface area contributed by atoms with E-state index in [2.05, 4.69) is 11.0 Å². The van der Waals surface area contributed by atoms with E-state index in [1.165, 1.54) is 0 Å². The number of anilines is 1. The van der Waals surface area contributed by atoms with Crippen molar-refractivity contribution in [2.75, 3.05) is 44.2 Å². The van der Waals surface area contributed by atoms with E-state index in [1.807, 2.05) is 78.9 Å². The van der Waals surface area contributed by atoms with Gasteiger partial charge in [0.15, 0.2) is 0 Å². The molecule has 2 aliphatic rings. The Morgan fingerprint density at radius 1 is 0.872 bits per heavy atom. The quantitative estimate of drug-likeness (QED) is 0.423. The standard InChI is InChI=1S/C30H36ClN5O3/c1-30(2,3)39-29(38)35-14-12-22(13-15-35)27-26(21-32-36(27)24-9-5-4-6-10-24)28(37)34-18-16-33(17-19-34)25-11-7-8-23(31)20-25/h4-11,20-22H,12-19H2,1-3H3. The Labute approximate surface area is 235 Å². The Hall–Kier alpha value is -3.52. The first-order valence-corrected chi connectivity index (χ1v) is 14.0. The van der Waals surface area contributed by atoms with E-state index in [0.717, 1.165) is 43.0 Å². The molecule has 0 atom stereocenters. The number of ether oxygens (including phenoxy) is 1. The van der Waals surface area contributed by atoms with Gasteiger partial charge in [0.1, 0.15) is 5.60 Å². The number of hydrogen-bond donors (Lipinski definition) is 0. The lowest BCUT2D eigenvalue weighted by atomic mass is 9.90. The minimum Gasteiger partial charge on any atom is -0.444 e. The van der Waals surface area contributed by atoms with Gasteiger partial charge in [0, 0.05) is 55.9 Å². The van der Waals surface area contributed by atoms with E-state index in [9.17, 15) is 9.59 Å². The molecule has 206 valence electrons. The maximum atomic E-state index is 13.9. The minimum absolute atomic E-state index is 0.00694. The Morgan fingerprint density at radius 3 is 2.18 bits per heavy atom. The van der Waals surface area contributed by atoms with E-state index >= 15 is 0 Å². The highest BCUT2D eigenvalue weighted by atomic mass is 35.5. The molecule has 0 bridgehead atoms. The van der Waals surface area contributed by atoms with E-state index in [-0.39, 0.29) is 17.9 Å². The van der Waals surface area contributed by atoms with Gasteiger partial charge in [0.2, 0.25) is 0 Å². The molecule has 2 saturated heterocycles. The lowest BCUT2D eigenvalue weighted by molar-refractivity contribution is 0.0203. The van der Waals surface area contributed by atoms with Crippen LogP contribution in [0.3, 0.4) is 0 Å². The van der Waals surface area contributed by atoms with Crippen LogP contribution in [0.4, 0.5) is 10.5 Å². The van der Waals surface area contributed by atoms with E-state index in [1.54, 1.807) is 11.1 Å². The monoisotopic (exact) mass is 549 g/mol. The predicted octanol–water partition coefficient (Wildman–Crippen LogP) is 5.60. The number of nitrogens with zero attached hydrogens (tertiary/aromatic N) is 5. The molecule has 0 N–H and O–H groups in total. The van der Waals surface area contributed by atoms with Gasteiger partial charge in [-0.1, -0.05) is 35.9 Å². The van der Waals surface area contributed by atoms with Gasteiger partial charge in [-0.3, -0.25) is 4.79 Å². The van der Waals surface area contributed by atoms with Crippen LogP contribution < -0.4 is 4.90 Å². The zero-order valence-corrected chi connectivity index (χ0v) is 23.6. The molecule has 39 heavy (non-hydrogen) atoms. The van der Waals surface area contributed by atoms with Crippen molar-refractivity contribution >= 4 is 29.3 Å². The fourth-order valence-electron chi connectivity index (χ4n) is 5.36. The Kier molecular flexibility index (Phi) is 7.84. The number of aromatic nitrogens is 2. The lowest BCUT2D eigenvalue weighted by Gasteiger charge is -2.37. The molecule has 0 spiro atoms. The Bertz CT molecular complexity index is 1300. The number of piperidine rings is 1. The summed E-state index contributed by atoms with van der Waals surface area (Å²) in [6.07, 6.45) is 2.90. The van der Waals surface area contributed by atoms with Crippen molar-refractivity contribution in [1.82, 2.24) is 19.6 Å². The number of rotatable bonds is 4. The second-order valence-corrected chi connectivity index (χ2v) is 11.6. The van der Waals surface area contributed by atoms with Gasteiger partial charge in [0.25, 0.3) is 5.91 Å². The van der Waals surface area contributed by atoms with Gasteiger partial charge in [-0.25, -0.2) is 9.48 Å². The van der Waals surface area contributed by atoms with Crippen molar-refractivity contribution in [3.8, 4) is 5.69 Å². The van der Waals surface area contributed by atoms with Crippen LogP contribution in [-0.2, 0) is 4.74 Å². The Morgan fingerprint density at radius 2 is 1.54 bits per heavy atom. The molecule has 3 aromatic rings. The number of amides is 2. The summed E-state index contributed by atoms with van der Waals surface area (Å²) in [5.74, 6) is 0.102. The van der Waals surface area contributed by atoms with Crippen LogP contribution in [0.1, 0.15) is 55.6 Å². The zero-order chi connectivity index (χ0) is 27.6. The molecule has 3 heterocycles. The molecule has 2 amide bonds. The number of halogens is 1. The summed E-state index contributed by atoms with van der Waals surface area (Å²) in [5, 5.41) is 5.40. The highest BCUT2D eigenvalue weighted by Gasteiger charge is 2.34. The van der Waals surface area contributed by atoms with Gasteiger partial charge in [-0.05, 0) is 63.9 Å². The van der Waals surface area contributed by atoms with Crippen molar-refractivity contribution in [2.24, 2.45) is 0 Å². The molecule has 0 unspecified atom stereocenters. The summed E-state index contributed by atoms with van der Waals surface area (Å²) in [5.41, 5.74) is 3.03. The summed E-state index contributed by atoms with van der Waals surface area (Å²) in [4.78, 5) is 32.5. The van der Waals surface area contributed by atoms with Gasteiger partial charge < -0.3 is 19.4 Å². The molecule has 0 radical (unpaired) electrons. The first-order chi connectivity index (χ1) is 18.7. The number of carbonyl (C=O) groups excluding carboxylic acids is 2. The van der Waals surface area contributed by atoms with E-state index in [0.29, 0.717) is 36.8 Å². The number of hydrogen-bond acceptors (Lipinski definition) is 5. The lowest BCUT2D eigenvalue weighted by Crippen LogP contribution is -2.49. The molecule has 0 aliphatic carbocycles. The summed E-state index contributed by atoms with van der Waals surface area (Å²) in [6.45, 7) is 9.51. The van der Waals surface area contributed by atoms with Crippen LogP contribution in [-0.4, -0.2) is 76.5 Å². The second kappa shape index (κ2) is 11.3. The number of benzene rings is 2. The topological polar surface area (TPSA) is 70.9 Å². The van der Waals surface area contributed by atoms with Crippen LogP contribution in [0.2, 0.25) is 5.02 Å². The van der Waals surface area contributed by atoms with Gasteiger partial charge in [-0.2, -0.15) is 5.10 Å². The maximum absolute atomic E-state index is 13.9. The zero-order valence-electron chi connectivity index (χ0n) is 22.8. The molecular weight excluding hydrogens is 514 g/mol. The average molecular weight is 550 g/mol.